The summed E-state index contributed by atoms with van der Waals surface area (Å²) in [5.41, 5.74) is 1.74. The molecule has 0 amide bonds. The zero-order chi connectivity index (χ0) is 9.26. The first-order valence-electron chi connectivity index (χ1n) is 4.59. The van der Waals surface area contributed by atoms with Crippen LogP contribution in [0, 0.1) is 0 Å². The van der Waals surface area contributed by atoms with Crippen molar-refractivity contribution in [3.05, 3.63) is 29.3 Å². The van der Waals surface area contributed by atoms with Crippen molar-refractivity contribution in [3.63, 3.8) is 0 Å². The van der Waals surface area contributed by atoms with Crippen LogP contribution in [0.1, 0.15) is 41.1 Å². The third-order valence-electron chi connectivity index (χ3n) is 2.74. The van der Waals surface area contributed by atoms with Crippen molar-refractivity contribution in [3.8, 4) is 5.75 Å². The van der Waals surface area contributed by atoms with E-state index in [9.17, 15) is 9.90 Å². The van der Waals surface area contributed by atoms with Crippen LogP contribution in [0.2, 0.25) is 0 Å². The molecule has 0 bridgehead atoms. The van der Waals surface area contributed by atoms with Gasteiger partial charge in [0.1, 0.15) is 12.0 Å². The summed E-state index contributed by atoms with van der Waals surface area (Å²) in [4.78, 5) is 10.7. The van der Waals surface area contributed by atoms with E-state index in [0.29, 0.717) is 5.92 Å². The van der Waals surface area contributed by atoms with Gasteiger partial charge in [0.15, 0.2) is 0 Å². The molecular formula is C11H12O2. The molecule has 1 N–H and O–H groups in total. The summed E-state index contributed by atoms with van der Waals surface area (Å²) in [6, 6.07) is 4.97. The van der Waals surface area contributed by atoms with Crippen molar-refractivity contribution in [2.45, 2.75) is 25.2 Å². The minimum absolute atomic E-state index is 0.257. The van der Waals surface area contributed by atoms with E-state index >= 15 is 0 Å². The molecule has 0 spiro atoms. The lowest BCUT2D eigenvalue weighted by Gasteiger charge is -2.26. The van der Waals surface area contributed by atoms with E-state index in [-0.39, 0.29) is 5.75 Å². The topological polar surface area (TPSA) is 37.3 Å². The van der Waals surface area contributed by atoms with Gasteiger partial charge in [-0.2, -0.15) is 0 Å². The van der Waals surface area contributed by atoms with Crippen LogP contribution in [0.3, 0.4) is 0 Å². The average molecular weight is 176 g/mol. The fraction of sp³-hybridized carbons (Fsp3) is 0.364. The van der Waals surface area contributed by atoms with Crippen LogP contribution < -0.4 is 0 Å². The third kappa shape index (κ3) is 1.44. The number of aldehydes is 1. The molecule has 2 nitrogen and oxygen atoms in total. The van der Waals surface area contributed by atoms with Crippen molar-refractivity contribution < 1.29 is 9.90 Å². The van der Waals surface area contributed by atoms with E-state index in [2.05, 4.69) is 0 Å². The van der Waals surface area contributed by atoms with Gasteiger partial charge in [0.2, 0.25) is 0 Å². The van der Waals surface area contributed by atoms with Gasteiger partial charge in [0, 0.05) is 5.56 Å². The average Bonchev–Trinajstić information content (AvgIpc) is 2.02. The summed E-state index contributed by atoms with van der Waals surface area (Å²) in [6.45, 7) is 0. The van der Waals surface area contributed by atoms with Crippen LogP contribution >= 0.6 is 0 Å². The van der Waals surface area contributed by atoms with Gasteiger partial charge in [0.05, 0.1) is 0 Å². The molecule has 0 saturated heterocycles. The number of carbonyl (C=O) groups is 1. The lowest BCUT2D eigenvalue weighted by Crippen LogP contribution is -2.10. The van der Waals surface area contributed by atoms with Gasteiger partial charge in [0.25, 0.3) is 0 Å². The Hall–Kier alpha value is -1.31. The van der Waals surface area contributed by atoms with Crippen LogP contribution in [0.5, 0.6) is 5.75 Å². The molecule has 1 saturated carbocycles. The Kier molecular flexibility index (Phi) is 2.05. The Balaban J connectivity index is 2.39. The maximum Gasteiger partial charge on any atom is 0.150 e. The van der Waals surface area contributed by atoms with Crippen LogP contribution in [0.15, 0.2) is 18.2 Å². The molecule has 0 aliphatic heterocycles. The highest BCUT2D eigenvalue weighted by Crippen LogP contribution is 2.38. The second-order valence-electron chi connectivity index (χ2n) is 3.56. The Labute approximate surface area is 77.2 Å². The number of rotatable bonds is 2. The molecule has 2 heteroatoms. The van der Waals surface area contributed by atoms with Gasteiger partial charge in [-0.15, -0.1) is 0 Å². The Bertz CT molecular complexity index is 327. The molecule has 0 atom stereocenters. The predicted octanol–water partition coefficient (Wildman–Crippen LogP) is 2.47. The first-order chi connectivity index (χ1) is 6.31. The molecule has 1 fully saturated rings. The Morgan fingerprint density at radius 1 is 1.38 bits per heavy atom. The van der Waals surface area contributed by atoms with Crippen molar-refractivity contribution in [2.24, 2.45) is 0 Å². The highest BCUT2D eigenvalue weighted by molar-refractivity contribution is 5.78. The molecule has 1 aromatic carbocycles. The van der Waals surface area contributed by atoms with Gasteiger partial charge >= 0.3 is 0 Å². The minimum Gasteiger partial charge on any atom is -0.508 e. The number of hydrogen-bond donors (Lipinski definition) is 1. The molecular weight excluding hydrogens is 164 g/mol. The number of aromatic hydroxyl groups is 1. The summed E-state index contributed by atoms with van der Waals surface area (Å²) < 4.78 is 0. The maximum absolute atomic E-state index is 10.7. The number of carbonyl (C=O) groups excluding carboxylic acids is 1. The SMILES string of the molecule is O=Cc1ccc(O)cc1C1CCC1. The number of benzene rings is 1. The van der Waals surface area contributed by atoms with E-state index in [4.69, 9.17) is 0 Å². The van der Waals surface area contributed by atoms with Crippen molar-refractivity contribution in [1.29, 1.82) is 0 Å². The van der Waals surface area contributed by atoms with Crippen LogP contribution in [-0.2, 0) is 0 Å². The summed E-state index contributed by atoms with van der Waals surface area (Å²) in [5, 5.41) is 9.29. The first kappa shape index (κ1) is 8.30. The number of phenolic OH excluding ortho intramolecular Hbond substituents is 1. The molecule has 68 valence electrons. The van der Waals surface area contributed by atoms with E-state index in [0.717, 1.165) is 30.3 Å². The van der Waals surface area contributed by atoms with E-state index in [1.54, 1.807) is 18.2 Å². The molecule has 1 aromatic rings. The second-order valence-corrected chi connectivity index (χ2v) is 3.56. The van der Waals surface area contributed by atoms with Crippen molar-refractivity contribution in [2.75, 3.05) is 0 Å². The number of phenols is 1. The molecule has 0 unspecified atom stereocenters. The summed E-state index contributed by atoms with van der Waals surface area (Å²) in [5.74, 6) is 0.750. The van der Waals surface area contributed by atoms with Gasteiger partial charge in [-0.1, -0.05) is 6.42 Å². The summed E-state index contributed by atoms with van der Waals surface area (Å²) in [6.07, 6.45) is 4.39. The molecule has 1 aliphatic rings. The predicted molar refractivity (Wildman–Crippen MR) is 50.1 cm³/mol. The quantitative estimate of drug-likeness (QED) is 0.703. The lowest BCUT2D eigenvalue weighted by atomic mass is 9.78. The smallest absolute Gasteiger partial charge is 0.150 e. The first-order valence-corrected chi connectivity index (χ1v) is 4.59. The molecule has 2 rings (SSSR count). The fourth-order valence-electron chi connectivity index (χ4n) is 1.74. The van der Waals surface area contributed by atoms with Gasteiger partial charge in [-0.25, -0.2) is 0 Å². The molecule has 13 heavy (non-hydrogen) atoms. The van der Waals surface area contributed by atoms with Gasteiger partial charge < -0.3 is 5.11 Å². The van der Waals surface area contributed by atoms with Crippen LogP contribution in [0.25, 0.3) is 0 Å². The molecule has 0 radical (unpaired) electrons. The van der Waals surface area contributed by atoms with Gasteiger partial charge in [-0.05, 0) is 42.5 Å². The van der Waals surface area contributed by atoms with Gasteiger partial charge in [-0.3, -0.25) is 4.79 Å². The zero-order valence-electron chi connectivity index (χ0n) is 7.36. The van der Waals surface area contributed by atoms with Crippen molar-refractivity contribution >= 4 is 6.29 Å². The van der Waals surface area contributed by atoms with Crippen LogP contribution in [-0.4, -0.2) is 11.4 Å². The van der Waals surface area contributed by atoms with Crippen LogP contribution in [0.4, 0.5) is 0 Å². The summed E-state index contributed by atoms with van der Waals surface area (Å²) in [7, 11) is 0. The molecule has 1 aliphatic carbocycles. The highest BCUT2D eigenvalue weighted by atomic mass is 16.3. The van der Waals surface area contributed by atoms with E-state index in [1.165, 1.54) is 6.42 Å². The second kappa shape index (κ2) is 3.21. The number of hydrogen-bond acceptors (Lipinski definition) is 2. The monoisotopic (exact) mass is 176 g/mol. The van der Waals surface area contributed by atoms with E-state index < -0.39 is 0 Å². The molecule has 0 aromatic heterocycles. The van der Waals surface area contributed by atoms with Crippen molar-refractivity contribution in [1.82, 2.24) is 0 Å². The summed E-state index contributed by atoms with van der Waals surface area (Å²) >= 11 is 0. The zero-order valence-corrected chi connectivity index (χ0v) is 7.36. The Morgan fingerprint density at radius 2 is 2.15 bits per heavy atom. The Morgan fingerprint density at radius 3 is 2.69 bits per heavy atom. The lowest BCUT2D eigenvalue weighted by molar-refractivity contribution is 0.112. The maximum atomic E-state index is 10.7. The standard InChI is InChI=1S/C11H12O2/c12-7-9-4-5-10(13)6-11(9)8-2-1-3-8/h4-8,13H,1-3H2. The van der Waals surface area contributed by atoms with E-state index in [1.807, 2.05) is 0 Å². The highest BCUT2D eigenvalue weighted by Gasteiger charge is 2.22. The third-order valence-corrected chi connectivity index (χ3v) is 2.74. The molecule has 0 heterocycles. The minimum atomic E-state index is 0.257. The normalized spacial score (nSPS) is 16.6. The largest absolute Gasteiger partial charge is 0.508 e. The fourth-order valence-corrected chi connectivity index (χ4v) is 1.74.